The molecule has 0 spiro atoms. The Balaban J connectivity index is 2.34. The first-order chi connectivity index (χ1) is 12.7. The fraction of sp³-hybridized carbons (Fsp3) is 0.500. The number of aliphatic hydroxyl groups is 2. The minimum Gasteiger partial charge on any atom is -0.508 e. The Labute approximate surface area is 157 Å². The summed E-state index contributed by atoms with van der Waals surface area (Å²) in [6.07, 6.45) is -0.177. The Hall–Kier alpha value is -2.38. The molecule has 1 aromatic rings. The van der Waals surface area contributed by atoms with Crippen LogP contribution in [0, 0.1) is 0 Å². The van der Waals surface area contributed by atoms with E-state index in [9.17, 15) is 30.0 Å². The molecule has 0 bridgehead atoms. The van der Waals surface area contributed by atoms with E-state index in [1.54, 1.807) is 13.8 Å². The standard InChI is InChI=1S/C20H26O7/c1-11-7-12(2)27-20(26)18-13(9-14(21)10-16(18)23)5-3-4-6-15(22)19(25)17(24)8-11/h8-10,12,15,19,21-23,25H,3-7H2,1-2H3/b11-8-/t12?,15-,19-/m0/s1. The SMILES string of the molecule is C/C1=C/C(=O)[C@@H](O)[C@@H](O)CCCCc2cc(O)cc(O)c2C(=O)OC(C)C1. The van der Waals surface area contributed by atoms with Gasteiger partial charge in [0.15, 0.2) is 5.78 Å². The van der Waals surface area contributed by atoms with Gasteiger partial charge in [0.05, 0.1) is 6.10 Å². The minimum atomic E-state index is -1.50. The van der Waals surface area contributed by atoms with Gasteiger partial charge in [-0.15, -0.1) is 0 Å². The molecule has 0 radical (unpaired) electrons. The van der Waals surface area contributed by atoms with Crippen molar-refractivity contribution in [3.63, 3.8) is 0 Å². The number of aromatic hydroxyl groups is 2. The molecule has 1 unspecified atom stereocenters. The summed E-state index contributed by atoms with van der Waals surface area (Å²) in [5, 5.41) is 39.8. The van der Waals surface area contributed by atoms with Crippen molar-refractivity contribution < 1.29 is 34.8 Å². The number of aryl methyl sites for hydroxylation is 1. The molecule has 4 N–H and O–H groups in total. The van der Waals surface area contributed by atoms with Gasteiger partial charge in [-0.3, -0.25) is 4.79 Å². The molecule has 2 rings (SSSR count). The Morgan fingerprint density at radius 1 is 1.11 bits per heavy atom. The second-order valence-electron chi connectivity index (χ2n) is 7.07. The van der Waals surface area contributed by atoms with Crippen LogP contribution in [-0.2, 0) is 16.0 Å². The number of ether oxygens (including phenoxy) is 1. The third-order valence-corrected chi connectivity index (χ3v) is 4.55. The number of phenolic OH excluding ortho intramolecular Hbond substituents is 2. The summed E-state index contributed by atoms with van der Waals surface area (Å²) in [5.74, 6) is -1.81. The van der Waals surface area contributed by atoms with Crippen molar-refractivity contribution in [2.24, 2.45) is 0 Å². The maximum absolute atomic E-state index is 12.5. The molecular weight excluding hydrogens is 352 g/mol. The van der Waals surface area contributed by atoms with Gasteiger partial charge in [0, 0.05) is 12.5 Å². The Morgan fingerprint density at radius 2 is 1.81 bits per heavy atom. The second kappa shape index (κ2) is 9.01. The number of cyclic esters (lactones) is 1. The van der Waals surface area contributed by atoms with Gasteiger partial charge in [-0.1, -0.05) is 12.0 Å². The summed E-state index contributed by atoms with van der Waals surface area (Å²) in [4.78, 5) is 24.6. The molecule has 7 heteroatoms. The van der Waals surface area contributed by atoms with Gasteiger partial charge >= 0.3 is 5.97 Å². The number of esters is 1. The molecule has 0 fully saturated rings. The molecule has 0 aromatic heterocycles. The zero-order valence-corrected chi connectivity index (χ0v) is 15.5. The van der Waals surface area contributed by atoms with Crippen molar-refractivity contribution >= 4 is 11.8 Å². The van der Waals surface area contributed by atoms with Crippen LogP contribution < -0.4 is 0 Å². The van der Waals surface area contributed by atoms with Crippen molar-refractivity contribution in [2.45, 2.75) is 64.3 Å². The van der Waals surface area contributed by atoms with Gasteiger partial charge in [0.1, 0.15) is 29.3 Å². The lowest BCUT2D eigenvalue weighted by Gasteiger charge is -2.16. The number of carbonyl (C=O) groups excluding carboxylic acids is 2. The summed E-state index contributed by atoms with van der Waals surface area (Å²) < 4.78 is 5.38. The number of hydrogen-bond donors (Lipinski definition) is 4. The predicted molar refractivity (Wildman–Crippen MR) is 97.6 cm³/mol. The molecule has 148 valence electrons. The topological polar surface area (TPSA) is 124 Å². The maximum atomic E-state index is 12.5. The zero-order chi connectivity index (χ0) is 20.1. The van der Waals surface area contributed by atoms with Crippen LogP contribution in [0.25, 0.3) is 0 Å². The van der Waals surface area contributed by atoms with Crippen LogP contribution in [-0.4, -0.2) is 50.5 Å². The van der Waals surface area contributed by atoms with E-state index >= 15 is 0 Å². The number of rotatable bonds is 0. The predicted octanol–water partition coefficient (Wildman–Crippen LogP) is 2.00. The summed E-state index contributed by atoms with van der Waals surface area (Å²) in [7, 11) is 0. The molecule has 0 saturated heterocycles. The Morgan fingerprint density at radius 3 is 2.52 bits per heavy atom. The zero-order valence-electron chi connectivity index (χ0n) is 15.5. The van der Waals surface area contributed by atoms with Crippen LogP contribution >= 0.6 is 0 Å². The van der Waals surface area contributed by atoms with Crippen molar-refractivity contribution in [3.8, 4) is 11.5 Å². The lowest BCUT2D eigenvalue weighted by Crippen LogP contribution is -2.33. The van der Waals surface area contributed by atoms with Crippen molar-refractivity contribution in [3.05, 3.63) is 34.9 Å². The number of benzene rings is 1. The van der Waals surface area contributed by atoms with Crippen LogP contribution in [0.3, 0.4) is 0 Å². The molecule has 27 heavy (non-hydrogen) atoms. The second-order valence-corrected chi connectivity index (χ2v) is 7.07. The first-order valence-electron chi connectivity index (χ1n) is 9.02. The quantitative estimate of drug-likeness (QED) is 0.509. The molecular formula is C20H26O7. The average molecular weight is 378 g/mol. The first-order valence-corrected chi connectivity index (χ1v) is 9.02. The van der Waals surface area contributed by atoms with E-state index in [-0.39, 0.29) is 29.9 Å². The molecule has 1 aliphatic rings. The van der Waals surface area contributed by atoms with Gasteiger partial charge in [-0.2, -0.15) is 0 Å². The summed E-state index contributed by atoms with van der Waals surface area (Å²) >= 11 is 0. The number of carbonyl (C=O) groups is 2. The fourth-order valence-electron chi connectivity index (χ4n) is 3.24. The fourth-order valence-corrected chi connectivity index (χ4v) is 3.24. The lowest BCUT2D eigenvalue weighted by atomic mass is 9.97. The number of fused-ring (bicyclic) bond motifs is 1. The molecule has 3 atom stereocenters. The third kappa shape index (κ3) is 5.55. The Bertz CT molecular complexity index is 738. The smallest absolute Gasteiger partial charge is 0.342 e. The number of aliphatic hydroxyl groups excluding tert-OH is 2. The van der Waals surface area contributed by atoms with Crippen molar-refractivity contribution in [1.29, 1.82) is 0 Å². The van der Waals surface area contributed by atoms with E-state index in [2.05, 4.69) is 0 Å². The largest absolute Gasteiger partial charge is 0.508 e. The van der Waals surface area contributed by atoms with E-state index in [1.165, 1.54) is 12.1 Å². The molecule has 0 saturated carbocycles. The minimum absolute atomic E-state index is 0.00724. The highest BCUT2D eigenvalue weighted by atomic mass is 16.5. The summed E-state index contributed by atoms with van der Waals surface area (Å²) in [6, 6.07) is 2.49. The highest BCUT2D eigenvalue weighted by Gasteiger charge is 2.25. The summed E-state index contributed by atoms with van der Waals surface area (Å²) in [5.41, 5.74) is 1.04. The van der Waals surface area contributed by atoms with Crippen LogP contribution in [0.2, 0.25) is 0 Å². The van der Waals surface area contributed by atoms with Gasteiger partial charge in [-0.05, 0) is 50.8 Å². The summed E-state index contributed by atoms with van der Waals surface area (Å²) in [6.45, 7) is 3.32. The highest BCUT2D eigenvalue weighted by molar-refractivity contribution is 5.95. The van der Waals surface area contributed by atoms with Gasteiger partial charge in [-0.25, -0.2) is 4.79 Å². The van der Waals surface area contributed by atoms with Crippen LogP contribution in [0.4, 0.5) is 0 Å². The maximum Gasteiger partial charge on any atom is 0.342 e. The first kappa shape index (κ1) is 20.9. The average Bonchev–Trinajstić information content (AvgIpc) is 2.55. The van der Waals surface area contributed by atoms with Crippen LogP contribution in [0.1, 0.15) is 55.5 Å². The number of phenols is 2. The highest BCUT2D eigenvalue weighted by Crippen LogP contribution is 2.30. The normalized spacial score (nSPS) is 27.6. The molecule has 7 nitrogen and oxygen atoms in total. The van der Waals surface area contributed by atoms with E-state index in [0.717, 1.165) is 6.07 Å². The van der Waals surface area contributed by atoms with E-state index < -0.39 is 30.1 Å². The monoisotopic (exact) mass is 378 g/mol. The van der Waals surface area contributed by atoms with Gasteiger partial charge < -0.3 is 25.2 Å². The molecule has 1 heterocycles. The number of hydrogen-bond acceptors (Lipinski definition) is 7. The van der Waals surface area contributed by atoms with E-state index in [4.69, 9.17) is 4.74 Å². The van der Waals surface area contributed by atoms with E-state index in [0.29, 0.717) is 30.4 Å². The molecule has 0 amide bonds. The van der Waals surface area contributed by atoms with Crippen LogP contribution in [0.5, 0.6) is 11.5 Å². The van der Waals surface area contributed by atoms with Crippen molar-refractivity contribution in [2.75, 3.05) is 0 Å². The van der Waals surface area contributed by atoms with Crippen molar-refractivity contribution in [1.82, 2.24) is 0 Å². The lowest BCUT2D eigenvalue weighted by molar-refractivity contribution is -0.128. The van der Waals surface area contributed by atoms with Gasteiger partial charge in [0.25, 0.3) is 0 Å². The molecule has 1 aliphatic heterocycles. The van der Waals surface area contributed by atoms with E-state index in [1.807, 2.05) is 0 Å². The third-order valence-electron chi connectivity index (χ3n) is 4.55. The van der Waals surface area contributed by atoms with Crippen LogP contribution in [0.15, 0.2) is 23.8 Å². The number of ketones is 1. The van der Waals surface area contributed by atoms with Gasteiger partial charge in [0.2, 0.25) is 0 Å². The molecule has 0 aliphatic carbocycles. The Kier molecular flexibility index (Phi) is 6.98. The molecule has 1 aromatic carbocycles.